The van der Waals surface area contributed by atoms with Crippen LogP contribution in [0, 0.1) is 17.2 Å². The van der Waals surface area contributed by atoms with E-state index < -0.39 is 0 Å². The van der Waals surface area contributed by atoms with Crippen LogP contribution in [0.1, 0.15) is 30.4 Å². The summed E-state index contributed by atoms with van der Waals surface area (Å²) in [6.45, 7) is 3.90. The zero-order valence-electron chi connectivity index (χ0n) is 12.3. The molecule has 0 radical (unpaired) electrons. The minimum Gasteiger partial charge on any atom is -0.330 e. The number of nitriles is 1. The third-order valence-electron chi connectivity index (χ3n) is 4.55. The highest BCUT2D eigenvalue weighted by Gasteiger charge is 2.20. The largest absolute Gasteiger partial charge is 0.330 e. The summed E-state index contributed by atoms with van der Waals surface area (Å²) in [4.78, 5) is 2.46. The van der Waals surface area contributed by atoms with Crippen molar-refractivity contribution in [3.63, 3.8) is 0 Å². The molecular weight excluding hydrogens is 260 g/mol. The number of hydrogen-bond donors (Lipinski definition) is 1. The monoisotopic (exact) mass is 282 g/mol. The number of piperidine rings is 1. The lowest BCUT2D eigenvalue weighted by Crippen LogP contribution is -2.33. The van der Waals surface area contributed by atoms with Crippen molar-refractivity contribution >= 4 is 5.52 Å². The van der Waals surface area contributed by atoms with Crippen molar-refractivity contribution in [2.24, 2.45) is 11.7 Å². The van der Waals surface area contributed by atoms with Gasteiger partial charge in [-0.1, -0.05) is 6.07 Å². The molecule has 1 aliphatic rings. The van der Waals surface area contributed by atoms with Crippen LogP contribution in [0.3, 0.4) is 0 Å². The summed E-state index contributed by atoms with van der Waals surface area (Å²) in [5.41, 5.74) is 8.61. The molecule has 0 atom stereocenters. The van der Waals surface area contributed by atoms with Crippen molar-refractivity contribution in [1.82, 2.24) is 9.30 Å². The molecule has 0 bridgehead atoms. The summed E-state index contributed by atoms with van der Waals surface area (Å²) >= 11 is 0. The van der Waals surface area contributed by atoms with Gasteiger partial charge in [-0.2, -0.15) is 5.26 Å². The second kappa shape index (κ2) is 6.30. The summed E-state index contributed by atoms with van der Waals surface area (Å²) in [5, 5.41) is 9.45. The van der Waals surface area contributed by atoms with Crippen LogP contribution < -0.4 is 5.73 Å². The number of likely N-dealkylation sites (tertiary alicyclic amines) is 1. The van der Waals surface area contributed by atoms with Crippen molar-refractivity contribution in [2.75, 3.05) is 19.6 Å². The quantitative estimate of drug-likeness (QED) is 0.936. The predicted molar refractivity (Wildman–Crippen MR) is 83.8 cm³/mol. The predicted octanol–water partition coefficient (Wildman–Crippen LogP) is 2.37. The van der Waals surface area contributed by atoms with Gasteiger partial charge in [0, 0.05) is 24.5 Å². The molecule has 1 fully saturated rings. The van der Waals surface area contributed by atoms with Crippen LogP contribution in [-0.4, -0.2) is 28.9 Å². The first-order valence-corrected chi connectivity index (χ1v) is 7.73. The van der Waals surface area contributed by atoms with E-state index in [0.29, 0.717) is 0 Å². The molecule has 0 saturated carbocycles. The van der Waals surface area contributed by atoms with E-state index in [1.807, 2.05) is 24.4 Å². The summed E-state index contributed by atoms with van der Waals surface area (Å²) in [5.74, 6) is 0.787. The van der Waals surface area contributed by atoms with E-state index in [4.69, 9.17) is 5.73 Å². The van der Waals surface area contributed by atoms with Crippen LogP contribution in [0.5, 0.6) is 0 Å². The van der Waals surface area contributed by atoms with Gasteiger partial charge in [-0.25, -0.2) is 0 Å². The zero-order valence-corrected chi connectivity index (χ0v) is 12.3. The SMILES string of the molecule is N#Cc1c(CN2CCC(CCN)CC2)cn2ccccc12. The molecule has 2 N–H and O–H groups in total. The molecule has 4 heteroatoms. The Morgan fingerprint density at radius 3 is 2.81 bits per heavy atom. The minimum absolute atomic E-state index is 0.787. The molecule has 0 spiro atoms. The second-order valence-electron chi connectivity index (χ2n) is 5.93. The Morgan fingerprint density at radius 2 is 2.10 bits per heavy atom. The van der Waals surface area contributed by atoms with E-state index in [1.165, 1.54) is 12.8 Å². The maximum atomic E-state index is 9.45. The summed E-state index contributed by atoms with van der Waals surface area (Å²) < 4.78 is 2.05. The molecule has 0 unspecified atom stereocenters. The fourth-order valence-corrected chi connectivity index (χ4v) is 3.34. The van der Waals surface area contributed by atoms with E-state index in [0.717, 1.165) is 55.2 Å². The lowest BCUT2D eigenvalue weighted by Gasteiger charge is -2.31. The zero-order chi connectivity index (χ0) is 14.7. The first kappa shape index (κ1) is 14.1. The molecule has 1 aliphatic heterocycles. The molecule has 3 heterocycles. The van der Waals surface area contributed by atoms with E-state index in [2.05, 4.69) is 21.6 Å². The van der Waals surface area contributed by atoms with E-state index in [1.54, 1.807) is 0 Å². The maximum Gasteiger partial charge on any atom is 0.102 e. The lowest BCUT2D eigenvalue weighted by molar-refractivity contribution is 0.173. The molecule has 0 aliphatic carbocycles. The molecule has 2 aromatic rings. The molecule has 21 heavy (non-hydrogen) atoms. The van der Waals surface area contributed by atoms with Gasteiger partial charge in [0.05, 0.1) is 11.1 Å². The number of fused-ring (bicyclic) bond motifs is 1. The summed E-state index contributed by atoms with van der Waals surface area (Å²) in [6.07, 6.45) is 7.71. The second-order valence-corrected chi connectivity index (χ2v) is 5.93. The Bertz CT molecular complexity index is 644. The first-order chi connectivity index (χ1) is 10.3. The standard InChI is InChI=1S/C17H22N4/c18-7-4-14-5-9-20(10-6-14)12-15-13-21-8-2-1-3-17(21)16(15)11-19/h1-3,8,13-14H,4-7,9-10,12,18H2. The van der Waals surface area contributed by atoms with Gasteiger partial charge in [-0.3, -0.25) is 4.90 Å². The normalized spacial score (nSPS) is 17.1. The summed E-state index contributed by atoms with van der Waals surface area (Å²) in [7, 11) is 0. The molecule has 2 aromatic heterocycles. The Labute approximate surface area is 125 Å². The van der Waals surface area contributed by atoms with E-state index >= 15 is 0 Å². The van der Waals surface area contributed by atoms with Crippen LogP contribution in [0.15, 0.2) is 30.6 Å². The number of nitrogens with zero attached hydrogens (tertiary/aromatic N) is 3. The molecule has 0 amide bonds. The fraction of sp³-hybridized carbons (Fsp3) is 0.471. The van der Waals surface area contributed by atoms with E-state index in [-0.39, 0.29) is 0 Å². The van der Waals surface area contributed by atoms with Crippen LogP contribution in [-0.2, 0) is 6.54 Å². The van der Waals surface area contributed by atoms with Crippen LogP contribution in [0.25, 0.3) is 5.52 Å². The number of nitrogens with two attached hydrogens (primary N) is 1. The van der Waals surface area contributed by atoms with Gasteiger partial charge in [0.2, 0.25) is 0 Å². The van der Waals surface area contributed by atoms with E-state index in [9.17, 15) is 5.26 Å². The topological polar surface area (TPSA) is 57.5 Å². The Hall–Kier alpha value is -1.83. The molecule has 3 rings (SSSR count). The van der Waals surface area contributed by atoms with Gasteiger partial charge in [0.1, 0.15) is 6.07 Å². The minimum atomic E-state index is 0.787. The maximum absolute atomic E-state index is 9.45. The van der Waals surface area contributed by atoms with Gasteiger partial charge in [-0.05, 0) is 56.9 Å². The highest BCUT2D eigenvalue weighted by Crippen LogP contribution is 2.24. The average molecular weight is 282 g/mol. The lowest BCUT2D eigenvalue weighted by atomic mass is 9.93. The number of aromatic nitrogens is 1. The van der Waals surface area contributed by atoms with Gasteiger partial charge in [0.25, 0.3) is 0 Å². The first-order valence-electron chi connectivity index (χ1n) is 7.73. The van der Waals surface area contributed by atoms with Gasteiger partial charge in [0.15, 0.2) is 0 Å². The molecule has 110 valence electrons. The fourth-order valence-electron chi connectivity index (χ4n) is 3.34. The molecule has 0 aromatic carbocycles. The van der Waals surface area contributed by atoms with Crippen molar-refractivity contribution in [1.29, 1.82) is 5.26 Å². The van der Waals surface area contributed by atoms with Crippen molar-refractivity contribution in [3.8, 4) is 6.07 Å². The Balaban J connectivity index is 1.73. The van der Waals surface area contributed by atoms with Gasteiger partial charge >= 0.3 is 0 Å². The van der Waals surface area contributed by atoms with Crippen molar-refractivity contribution in [3.05, 3.63) is 41.7 Å². The molecule has 4 nitrogen and oxygen atoms in total. The Morgan fingerprint density at radius 1 is 1.29 bits per heavy atom. The highest BCUT2D eigenvalue weighted by molar-refractivity contribution is 5.65. The van der Waals surface area contributed by atoms with Crippen LogP contribution >= 0.6 is 0 Å². The smallest absolute Gasteiger partial charge is 0.102 e. The third kappa shape index (κ3) is 2.94. The van der Waals surface area contributed by atoms with Crippen LogP contribution in [0.4, 0.5) is 0 Å². The van der Waals surface area contributed by atoms with Crippen molar-refractivity contribution < 1.29 is 0 Å². The number of pyridine rings is 1. The van der Waals surface area contributed by atoms with Gasteiger partial charge in [-0.15, -0.1) is 0 Å². The number of hydrogen-bond acceptors (Lipinski definition) is 3. The highest BCUT2D eigenvalue weighted by atomic mass is 15.1. The van der Waals surface area contributed by atoms with Gasteiger partial charge < -0.3 is 10.1 Å². The molecule has 1 saturated heterocycles. The van der Waals surface area contributed by atoms with Crippen molar-refractivity contribution in [2.45, 2.75) is 25.8 Å². The number of rotatable bonds is 4. The summed E-state index contributed by atoms with van der Waals surface area (Å²) in [6, 6.07) is 8.36. The third-order valence-corrected chi connectivity index (χ3v) is 4.55. The van der Waals surface area contributed by atoms with Crippen LogP contribution in [0.2, 0.25) is 0 Å². The Kier molecular flexibility index (Phi) is 4.23. The average Bonchev–Trinajstić information content (AvgIpc) is 2.86. The molecular formula is C17H22N4.